The Kier molecular flexibility index (Phi) is 3.18. The van der Waals surface area contributed by atoms with Crippen molar-refractivity contribution in [1.29, 1.82) is 5.26 Å². The standard InChI is InChI=1S/C16H14N4O2/c1-9-7-12-14(16(21)20(9)2)13(10-3-5-19-6-4-10)11(8-17)15(18)22-12/h3-7,13H,18H2,1-2H3. The number of nitrogens with two attached hydrogens (primary N) is 1. The Labute approximate surface area is 127 Å². The van der Waals surface area contributed by atoms with Crippen LogP contribution >= 0.6 is 0 Å². The fraction of sp³-hybridized carbons (Fsp3) is 0.188. The molecule has 2 N–H and O–H groups in total. The highest BCUT2D eigenvalue weighted by atomic mass is 16.5. The van der Waals surface area contributed by atoms with E-state index in [1.54, 1.807) is 37.6 Å². The molecule has 1 aliphatic rings. The van der Waals surface area contributed by atoms with Gasteiger partial charge in [0.15, 0.2) is 0 Å². The molecule has 3 heterocycles. The molecule has 0 bridgehead atoms. The molecule has 6 nitrogen and oxygen atoms in total. The summed E-state index contributed by atoms with van der Waals surface area (Å²) in [6.45, 7) is 1.81. The number of ether oxygens (including phenoxy) is 1. The number of hydrogen-bond donors (Lipinski definition) is 1. The average Bonchev–Trinajstić information content (AvgIpc) is 2.52. The molecule has 0 spiro atoms. The Morgan fingerprint density at radius 1 is 1.41 bits per heavy atom. The van der Waals surface area contributed by atoms with Crippen LogP contribution in [0.1, 0.15) is 22.7 Å². The molecule has 1 unspecified atom stereocenters. The lowest BCUT2D eigenvalue weighted by molar-refractivity contribution is 0.389. The molecular weight excluding hydrogens is 280 g/mol. The maximum Gasteiger partial charge on any atom is 0.258 e. The van der Waals surface area contributed by atoms with Crippen molar-refractivity contribution < 1.29 is 4.74 Å². The quantitative estimate of drug-likeness (QED) is 0.855. The number of nitrogens with zero attached hydrogens (tertiary/aromatic N) is 3. The van der Waals surface area contributed by atoms with Crippen LogP contribution in [0.5, 0.6) is 5.75 Å². The Hall–Kier alpha value is -3.07. The zero-order valence-corrected chi connectivity index (χ0v) is 12.2. The van der Waals surface area contributed by atoms with Gasteiger partial charge in [-0.05, 0) is 24.6 Å². The van der Waals surface area contributed by atoms with E-state index in [2.05, 4.69) is 11.1 Å². The van der Waals surface area contributed by atoms with Gasteiger partial charge in [0.2, 0.25) is 5.88 Å². The summed E-state index contributed by atoms with van der Waals surface area (Å²) in [6, 6.07) is 7.36. The highest BCUT2D eigenvalue weighted by molar-refractivity contribution is 5.54. The van der Waals surface area contributed by atoms with E-state index in [4.69, 9.17) is 10.5 Å². The number of aromatic nitrogens is 2. The maximum atomic E-state index is 12.7. The molecular formula is C16H14N4O2. The van der Waals surface area contributed by atoms with Crippen LogP contribution in [0, 0.1) is 18.3 Å². The zero-order chi connectivity index (χ0) is 15.9. The Morgan fingerprint density at radius 2 is 2.09 bits per heavy atom. The van der Waals surface area contributed by atoms with Gasteiger partial charge in [-0.3, -0.25) is 9.78 Å². The molecule has 3 rings (SSSR count). The first-order chi connectivity index (χ1) is 10.5. The second-order valence-corrected chi connectivity index (χ2v) is 5.13. The van der Waals surface area contributed by atoms with Crippen molar-refractivity contribution in [2.45, 2.75) is 12.8 Å². The fourth-order valence-corrected chi connectivity index (χ4v) is 2.63. The molecule has 110 valence electrons. The molecule has 0 aliphatic carbocycles. The van der Waals surface area contributed by atoms with E-state index in [1.807, 2.05) is 6.92 Å². The summed E-state index contributed by atoms with van der Waals surface area (Å²) in [5.41, 5.74) is 7.87. The third-order valence-corrected chi connectivity index (χ3v) is 3.89. The van der Waals surface area contributed by atoms with Crippen molar-refractivity contribution >= 4 is 0 Å². The summed E-state index contributed by atoms with van der Waals surface area (Å²) < 4.78 is 7.04. The van der Waals surface area contributed by atoms with Gasteiger partial charge >= 0.3 is 0 Å². The van der Waals surface area contributed by atoms with Crippen molar-refractivity contribution in [3.8, 4) is 11.8 Å². The van der Waals surface area contributed by atoms with Crippen LogP contribution in [-0.4, -0.2) is 9.55 Å². The van der Waals surface area contributed by atoms with Crippen molar-refractivity contribution in [1.82, 2.24) is 9.55 Å². The number of aryl methyl sites for hydroxylation is 1. The lowest BCUT2D eigenvalue weighted by atomic mass is 9.84. The SMILES string of the molecule is Cc1cc2c(c(=O)n1C)C(c1ccncc1)C(C#N)=C(N)O2. The molecule has 0 fully saturated rings. The molecule has 0 radical (unpaired) electrons. The summed E-state index contributed by atoms with van der Waals surface area (Å²) in [4.78, 5) is 16.7. The summed E-state index contributed by atoms with van der Waals surface area (Å²) in [6.07, 6.45) is 3.24. The molecule has 1 atom stereocenters. The Morgan fingerprint density at radius 3 is 2.73 bits per heavy atom. The minimum Gasteiger partial charge on any atom is -0.440 e. The van der Waals surface area contributed by atoms with Gasteiger partial charge < -0.3 is 15.0 Å². The Bertz CT molecular complexity index is 875. The number of hydrogen-bond acceptors (Lipinski definition) is 5. The number of nitriles is 1. The minimum atomic E-state index is -0.545. The molecule has 0 saturated heterocycles. The van der Waals surface area contributed by atoms with Gasteiger partial charge in [-0.25, -0.2) is 0 Å². The number of rotatable bonds is 1. The van der Waals surface area contributed by atoms with E-state index in [0.717, 1.165) is 11.3 Å². The molecule has 6 heteroatoms. The van der Waals surface area contributed by atoms with E-state index < -0.39 is 5.92 Å². The van der Waals surface area contributed by atoms with Gasteiger partial charge in [-0.15, -0.1) is 0 Å². The molecule has 0 amide bonds. The van der Waals surface area contributed by atoms with Crippen LogP contribution in [0.3, 0.4) is 0 Å². The smallest absolute Gasteiger partial charge is 0.258 e. The van der Waals surface area contributed by atoms with Crippen molar-refractivity contribution in [3.05, 3.63) is 69.2 Å². The van der Waals surface area contributed by atoms with E-state index in [9.17, 15) is 10.1 Å². The minimum absolute atomic E-state index is 0.0319. The van der Waals surface area contributed by atoms with E-state index in [1.165, 1.54) is 4.57 Å². The van der Waals surface area contributed by atoms with Crippen molar-refractivity contribution in [3.63, 3.8) is 0 Å². The zero-order valence-electron chi connectivity index (χ0n) is 12.2. The lowest BCUT2D eigenvalue weighted by Crippen LogP contribution is -2.31. The van der Waals surface area contributed by atoms with Crippen LogP contribution in [0.15, 0.2) is 46.8 Å². The van der Waals surface area contributed by atoms with Gasteiger partial charge in [-0.1, -0.05) is 0 Å². The summed E-state index contributed by atoms with van der Waals surface area (Å²) >= 11 is 0. The number of pyridine rings is 2. The largest absolute Gasteiger partial charge is 0.440 e. The third kappa shape index (κ3) is 1.95. The van der Waals surface area contributed by atoms with Gasteiger partial charge in [0.25, 0.3) is 5.56 Å². The molecule has 0 saturated carbocycles. The Balaban J connectivity index is 2.36. The van der Waals surface area contributed by atoms with Gasteiger partial charge in [0.05, 0.1) is 11.5 Å². The van der Waals surface area contributed by atoms with Crippen LogP contribution in [0.2, 0.25) is 0 Å². The summed E-state index contributed by atoms with van der Waals surface area (Å²) in [7, 11) is 1.69. The highest BCUT2D eigenvalue weighted by Gasteiger charge is 2.33. The lowest BCUT2D eigenvalue weighted by Gasteiger charge is -2.26. The molecule has 22 heavy (non-hydrogen) atoms. The van der Waals surface area contributed by atoms with Crippen molar-refractivity contribution in [2.24, 2.45) is 12.8 Å². The van der Waals surface area contributed by atoms with Gasteiger partial charge in [0, 0.05) is 31.2 Å². The molecule has 2 aromatic rings. The average molecular weight is 294 g/mol. The van der Waals surface area contributed by atoms with E-state index in [-0.39, 0.29) is 17.0 Å². The first kappa shape index (κ1) is 13.9. The first-order valence-corrected chi connectivity index (χ1v) is 6.72. The highest BCUT2D eigenvalue weighted by Crippen LogP contribution is 2.39. The molecule has 2 aromatic heterocycles. The number of allylic oxidation sites excluding steroid dienone is 1. The number of fused-ring (bicyclic) bond motifs is 1. The first-order valence-electron chi connectivity index (χ1n) is 6.72. The fourth-order valence-electron chi connectivity index (χ4n) is 2.63. The summed E-state index contributed by atoms with van der Waals surface area (Å²) in [5, 5.41) is 9.44. The van der Waals surface area contributed by atoms with E-state index in [0.29, 0.717) is 11.3 Å². The van der Waals surface area contributed by atoms with Crippen LogP contribution in [-0.2, 0) is 7.05 Å². The van der Waals surface area contributed by atoms with Crippen LogP contribution in [0.4, 0.5) is 0 Å². The molecule has 1 aliphatic heterocycles. The maximum absolute atomic E-state index is 12.7. The van der Waals surface area contributed by atoms with Gasteiger partial charge in [-0.2, -0.15) is 5.26 Å². The monoisotopic (exact) mass is 294 g/mol. The predicted molar refractivity (Wildman–Crippen MR) is 80.0 cm³/mol. The van der Waals surface area contributed by atoms with E-state index >= 15 is 0 Å². The van der Waals surface area contributed by atoms with Gasteiger partial charge in [0.1, 0.15) is 17.4 Å². The second-order valence-electron chi connectivity index (χ2n) is 5.13. The van der Waals surface area contributed by atoms with Crippen LogP contribution < -0.4 is 16.0 Å². The topological polar surface area (TPSA) is 93.9 Å². The third-order valence-electron chi connectivity index (χ3n) is 3.89. The second kappa shape index (κ2) is 5.04. The van der Waals surface area contributed by atoms with Crippen LogP contribution in [0.25, 0.3) is 0 Å². The summed E-state index contributed by atoms with van der Waals surface area (Å²) in [5.74, 6) is -0.112. The predicted octanol–water partition coefficient (Wildman–Crippen LogP) is 1.31. The molecule has 0 aromatic carbocycles. The normalized spacial score (nSPS) is 16.7. The van der Waals surface area contributed by atoms with Crippen molar-refractivity contribution in [2.75, 3.05) is 0 Å².